The molecule has 4 heteroatoms. The van der Waals surface area contributed by atoms with Crippen molar-refractivity contribution in [3.8, 4) is 0 Å². The van der Waals surface area contributed by atoms with E-state index in [1.54, 1.807) is 25.3 Å². The molecule has 0 fully saturated rings. The predicted octanol–water partition coefficient (Wildman–Crippen LogP) is 1.64. The summed E-state index contributed by atoms with van der Waals surface area (Å²) in [5.41, 5.74) is 1.94. The highest BCUT2D eigenvalue weighted by molar-refractivity contribution is 6.00. The van der Waals surface area contributed by atoms with Crippen LogP contribution < -0.4 is 0 Å². The Balaban J connectivity index is 2.87. The summed E-state index contributed by atoms with van der Waals surface area (Å²) in [5, 5.41) is 8.94. The summed E-state index contributed by atoms with van der Waals surface area (Å²) in [7, 11) is 0. The minimum atomic E-state index is -0.973. The molecule has 14 heavy (non-hydrogen) atoms. The van der Waals surface area contributed by atoms with E-state index < -0.39 is 5.97 Å². The van der Waals surface area contributed by atoms with Gasteiger partial charge in [-0.25, -0.2) is 4.79 Å². The predicted molar refractivity (Wildman–Crippen MR) is 51.2 cm³/mol. The van der Waals surface area contributed by atoms with Crippen molar-refractivity contribution in [1.82, 2.24) is 9.97 Å². The average molecular weight is 188 g/mol. The average Bonchev–Trinajstić information content (AvgIpc) is 2.16. The molecule has 0 saturated carbocycles. The lowest BCUT2D eigenvalue weighted by atomic mass is 10.1. The number of pyridine rings is 2. The van der Waals surface area contributed by atoms with Crippen molar-refractivity contribution in [2.75, 3.05) is 0 Å². The monoisotopic (exact) mass is 188 g/mol. The van der Waals surface area contributed by atoms with E-state index >= 15 is 0 Å². The summed E-state index contributed by atoms with van der Waals surface area (Å²) in [4.78, 5) is 19.1. The number of hydrogen-bond acceptors (Lipinski definition) is 3. The highest BCUT2D eigenvalue weighted by atomic mass is 16.4. The van der Waals surface area contributed by atoms with Crippen LogP contribution in [0.2, 0.25) is 0 Å². The van der Waals surface area contributed by atoms with Crippen LogP contribution in [0.3, 0.4) is 0 Å². The molecule has 0 unspecified atom stereocenters. The van der Waals surface area contributed by atoms with Gasteiger partial charge >= 0.3 is 5.97 Å². The molecule has 0 amide bonds. The first-order chi connectivity index (χ1) is 6.68. The SMILES string of the molecule is Cc1cc(C(=O)O)c2ncccc2n1. The normalized spacial score (nSPS) is 10.4. The van der Waals surface area contributed by atoms with Gasteiger partial charge in [0.25, 0.3) is 0 Å². The lowest BCUT2D eigenvalue weighted by molar-refractivity contribution is 0.0698. The molecular formula is C10H8N2O2. The van der Waals surface area contributed by atoms with Gasteiger partial charge in [0.1, 0.15) is 5.52 Å². The molecule has 0 aromatic carbocycles. The quantitative estimate of drug-likeness (QED) is 0.738. The van der Waals surface area contributed by atoms with Crippen molar-refractivity contribution in [2.45, 2.75) is 6.92 Å². The number of aromatic carboxylic acids is 1. The number of fused-ring (bicyclic) bond motifs is 1. The summed E-state index contributed by atoms with van der Waals surface area (Å²) >= 11 is 0. The van der Waals surface area contributed by atoms with Gasteiger partial charge < -0.3 is 5.11 Å². The van der Waals surface area contributed by atoms with Crippen LogP contribution in [0.15, 0.2) is 24.4 Å². The molecule has 2 rings (SSSR count). The molecule has 0 radical (unpaired) electrons. The number of carboxylic acid groups (broad SMARTS) is 1. The number of nitrogens with zero attached hydrogens (tertiary/aromatic N) is 2. The van der Waals surface area contributed by atoms with Gasteiger partial charge in [-0.05, 0) is 25.1 Å². The Labute approximate surface area is 80.2 Å². The summed E-state index contributed by atoms with van der Waals surface area (Å²) in [6, 6.07) is 5.01. The van der Waals surface area contributed by atoms with Crippen molar-refractivity contribution < 1.29 is 9.90 Å². The van der Waals surface area contributed by atoms with Gasteiger partial charge in [0.15, 0.2) is 0 Å². The first kappa shape index (κ1) is 8.62. The van der Waals surface area contributed by atoms with Crippen molar-refractivity contribution in [3.05, 3.63) is 35.7 Å². The Morgan fingerprint density at radius 2 is 2.29 bits per heavy atom. The van der Waals surface area contributed by atoms with Crippen LogP contribution in [0.5, 0.6) is 0 Å². The Kier molecular flexibility index (Phi) is 1.89. The summed E-state index contributed by atoms with van der Waals surface area (Å²) in [5.74, 6) is -0.973. The largest absolute Gasteiger partial charge is 0.478 e. The molecule has 0 saturated heterocycles. The first-order valence-electron chi connectivity index (χ1n) is 4.14. The summed E-state index contributed by atoms with van der Waals surface area (Å²) < 4.78 is 0. The minimum absolute atomic E-state index is 0.202. The van der Waals surface area contributed by atoms with Crippen LogP contribution >= 0.6 is 0 Å². The molecule has 0 aliphatic heterocycles. The zero-order valence-corrected chi connectivity index (χ0v) is 7.56. The topological polar surface area (TPSA) is 63.1 Å². The van der Waals surface area contributed by atoms with E-state index in [-0.39, 0.29) is 5.56 Å². The summed E-state index contributed by atoms with van der Waals surface area (Å²) in [6.07, 6.45) is 1.56. The number of carboxylic acids is 1. The van der Waals surface area contributed by atoms with Gasteiger partial charge in [-0.3, -0.25) is 9.97 Å². The van der Waals surface area contributed by atoms with Gasteiger partial charge in [-0.15, -0.1) is 0 Å². The number of carbonyl (C=O) groups is 1. The fraction of sp³-hybridized carbons (Fsp3) is 0.100. The number of aromatic nitrogens is 2. The summed E-state index contributed by atoms with van der Waals surface area (Å²) in [6.45, 7) is 1.76. The molecule has 70 valence electrons. The third kappa shape index (κ3) is 1.31. The van der Waals surface area contributed by atoms with Gasteiger partial charge in [0.2, 0.25) is 0 Å². The minimum Gasteiger partial charge on any atom is -0.478 e. The Morgan fingerprint density at radius 3 is 3.00 bits per heavy atom. The van der Waals surface area contributed by atoms with E-state index in [1.807, 2.05) is 0 Å². The smallest absolute Gasteiger partial charge is 0.338 e. The standard InChI is InChI=1S/C10H8N2O2/c1-6-5-7(10(13)14)9-8(12-6)3-2-4-11-9/h2-5H,1H3,(H,13,14). The van der Waals surface area contributed by atoms with Crippen LogP contribution in [0.25, 0.3) is 11.0 Å². The van der Waals surface area contributed by atoms with Crippen molar-refractivity contribution >= 4 is 17.0 Å². The van der Waals surface area contributed by atoms with Crippen LogP contribution in [0.4, 0.5) is 0 Å². The fourth-order valence-corrected chi connectivity index (χ4v) is 1.36. The molecule has 0 aliphatic rings. The second kappa shape index (κ2) is 3.06. The van der Waals surface area contributed by atoms with E-state index in [0.717, 1.165) is 0 Å². The maximum atomic E-state index is 10.9. The van der Waals surface area contributed by atoms with Crippen molar-refractivity contribution in [2.24, 2.45) is 0 Å². The van der Waals surface area contributed by atoms with E-state index in [1.165, 1.54) is 6.07 Å². The maximum absolute atomic E-state index is 10.9. The maximum Gasteiger partial charge on any atom is 0.338 e. The second-order valence-electron chi connectivity index (χ2n) is 2.99. The lowest BCUT2D eigenvalue weighted by Gasteiger charge is -2.01. The Bertz CT molecular complexity index is 508. The molecule has 1 N–H and O–H groups in total. The van der Waals surface area contributed by atoms with Crippen LogP contribution in [0.1, 0.15) is 16.1 Å². The first-order valence-corrected chi connectivity index (χ1v) is 4.14. The highest BCUT2D eigenvalue weighted by Gasteiger charge is 2.10. The van der Waals surface area contributed by atoms with Crippen LogP contribution in [0, 0.1) is 6.92 Å². The molecule has 2 heterocycles. The van der Waals surface area contributed by atoms with Crippen molar-refractivity contribution in [3.63, 3.8) is 0 Å². The number of rotatable bonds is 1. The highest BCUT2D eigenvalue weighted by Crippen LogP contribution is 2.15. The molecule has 0 aliphatic carbocycles. The molecule has 4 nitrogen and oxygen atoms in total. The molecule has 2 aromatic rings. The third-order valence-electron chi connectivity index (χ3n) is 1.92. The zero-order valence-electron chi connectivity index (χ0n) is 7.56. The second-order valence-corrected chi connectivity index (χ2v) is 2.99. The Morgan fingerprint density at radius 1 is 1.50 bits per heavy atom. The van der Waals surface area contributed by atoms with Crippen molar-refractivity contribution in [1.29, 1.82) is 0 Å². The van der Waals surface area contributed by atoms with Crippen LogP contribution in [-0.4, -0.2) is 21.0 Å². The van der Waals surface area contributed by atoms with Gasteiger partial charge in [0, 0.05) is 11.9 Å². The van der Waals surface area contributed by atoms with E-state index in [0.29, 0.717) is 16.7 Å². The van der Waals surface area contributed by atoms with E-state index in [9.17, 15) is 4.79 Å². The van der Waals surface area contributed by atoms with Crippen LogP contribution in [-0.2, 0) is 0 Å². The zero-order chi connectivity index (χ0) is 10.1. The molecule has 0 bridgehead atoms. The molecule has 2 aromatic heterocycles. The number of hydrogen-bond donors (Lipinski definition) is 1. The number of aryl methyl sites for hydroxylation is 1. The molecule has 0 atom stereocenters. The van der Waals surface area contributed by atoms with E-state index in [4.69, 9.17) is 5.11 Å². The Hall–Kier alpha value is -1.97. The molecule has 0 spiro atoms. The molecular weight excluding hydrogens is 180 g/mol. The lowest BCUT2D eigenvalue weighted by Crippen LogP contribution is -2.01. The van der Waals surface area contributed by atoms with Gasteiger partial charge in [-0.1, -0.05) is 0 Å². The third-order valence-corrected chi connectivity index (χ3v) is 1.92. The van der Waals surface area contributed by atoms with Gasteiger partial charge in [-0.2, -0.15) is 0 Å². The van der Waals surface area contributed by atoms with Gasteiger partial charge in [0.05, 0.1) is 11.1 Å². The fourth-order valence-electron chi connectivity index (χ4n) is 1.36. The van der Waals surface area contributed by atoms with E-state index in [2.05, 4.69) is 9.97 Å².